The maximum absolute atomic E-state index is 13.5. The van der Waals surface area contributed by atoms with Gasteiger partial charge in [-0.15, -0.1) is 0 Å². The summed E-state index contributed by atoms with van der Waals surface area (Å²) < 4.78 is 17.4. The number of methoxy groups -OCH3 is 2. The lowest BCUT2D eigenvalue weighted by molar-refractivity contribution is 0.102. The van der Waals surface area contributed by atoms with Gasteiger partial charge in [0.15, 0.2) is 0 Å². The molecule has 1 amide bonds. The van der Waals surface area contributed by atoms with Crippen molar-refractivity contribution in [3.8, 4) is 11.5 Å². The van der Waals surface area contributed by atoms with Gasteiger partial charge in [-0.3, -0.25) is 4.79 Å². The molecule has 0 bridgehead atoms. The molecule has 2 aliphatic rings. The monoisotopic (exact) mass is 495 g/mol. The van der Waals surface area contributed by atoms with E-state index in [1.54, 1.807) is 26.4 Å². The van der Waals surface area contributed by atoms with Crippen molar-refractivity contribution in [1.82, 2.24) is 0 Å². The number of amides is 1. The van der Waals surface area contributed by atoms with Crippen molar-refractivity contribution >= 4 is 33.9 Å². The Morgan fingerprint density at radius 2 is 1.78 bits per heavy atom. The lowest BCUT2D eigenvalue weighted by Crippen LogP contribution is -2.34. The van der Waals surface area contributed by atoms with Crippen LogP contribution >= 0.6 is 0 Å². The Hall–Kier alpha value is -4.26. The van der Waals surface area contributed by atoms with E-state index in [4.69, 9.17) is 18.9 Å². The molecule has 7 nitrogen and oxygen atoms in total. The highest BCUT2D eigenvalue weighted by atomic mass is 16.5. The van der Waals surface area contributed by atoms with Crippen LogP contribution in [0.5, 0.6) is 11.5 Å². The number of carbonyl (C=O) groups excluding carboxylic acids is 1. The minimum absolute atomic E-state index is 0.244. The number of hydrogen-bond donors (Lipinski definition) is 1. The zero-order valence-corrected chi connectivity index (χ0v) is 21.0. The second-order valence-corrected chi connectivity index (χ2v) is 9.41. The van der Waals surface area contributed by atoms with E-state index in [0.717, 1.165) is 49.7 Å². The van der Waals surface area contributed by atoms with Crippen molar-refractivity contribution in [2.45, 2.75) is 25.7 Å². The molecule has 0 saturated carbocycles. The first-order chi connectivity index (χ1) is 18.1. The smallest absolute Gasteiger partial charge is 0.261 e. The fraction of sp³-hybridized carbons (Fsp3) is 0.267. The summed E-state index contributed by atoms with van der Waals surface area (Å²) in [6.07, 6.45) is 4.20. The highest BCUT2D eigenvalue weighted by Crippen LogP contribution is 2.40. The average Bonchev–Trinajstić information content (AvgIpc) is 2.94. The number of fused-ring (bicyclic) bond motifs is 2. The molecule has 0 spiro atoms. The number of aryl methyl sites for hydroxylation is 2. The van der Waals surface area contributed by atoms with E-state index >= 15 is 0 Å². The highest BCUT2D eigenvalue weighted by Gasteiger charge is 2.27. The van der Waals surface area contributed by atoms with Gasteiger partial charge in [-0.2, -0.15) is 0 Å². The molecule has 4 aromatic rings. The Bertz CT molecular complexity index is 1560. The minimum Gasteiger partial charge on any atom is -0.497 e. The fourth-order valence-electron chi connectivity index (χ4n) is 5.41. The van der Waals surface area contributed by atoms with Crippen molar-refractivity contribution in [1.29, 1.82) is 0 Å². The Balaban J connectivity index is 1.57. The minimum atomic E-state index is -0.281. The zero-order valence-electron chi connectivity index (χ0n) is 21.0. The lowest BCUT2D eigenvalue weighted by atomic mass is 9.90. The first-order valence-electron chi connectivity index (χ1n) is 12.7. The van der Waals surface area contributed by atoms with Crippen LogP contribution in [0.4, 0.5) is 17.1 Å². The van der Waals surface area contributed by atoms with Crippen LogP contribution in [0.3, 0.4) is 0 Å². The number of nitrogens with one attached hydrogen (secondary N) is 1. The van der Waals surface area contributed by atoms with Crippen molar-refractivity contribution < 1.29 is 18.7 Å². The number of carbonyl (C=O) groups is 1. The standard InChI is InChI=1S/C30H29N3O4/c1-35-22-12-13-25(26(18-22)36-2)32-30-24(29(34)31-21-9-4-3-5-10-21)17-20-16-19-8-6-14-33-15-7-11-23(27(19)33)28(20)37-30/h3-5,9-10,12-13,16-18H,6-8,11,14-15H2,1-2H3,(H,31,34). The first-order valence-corrected chi connectivity index (χ1v) is 12.7. The molecular formula is C30H29N3O4. The Morgan fingerprint density at radius 3 is 2.57 bits per heavy atom. The van der Waals surface area contributed by atoms with E-state index in [2.05, 4.69) is 16.3 Å². The molecule has 3 heterocycles. The number of rotatable bonds is 5. The number of ether oxygens (including phenoxy) is 2. The third-order valence-corrected chi connectivity index (χ3v) is 7.12. The number of benzene rings is 3. The SMILES string of the molecule is COc1ccc(N=c2oc3c4c5c(cc3cc2C(=O)Nc2ccccc2)CCCN5CCC4)c(OC)c1. The number of anilines is 2. The molecule has 0 atom stereocenters. The van der Waals surface area contributed by atoms with Crippen molar-refractivity contribution in [3.63, 3.8) is 0 Å². The summed E-state index contributed by atoms with van der Waals surface area (Å²) in [7, 11) is 3.19. The van der Waals surface area contributed by atoms with Gasteiger partial charge < -0.3 is 24.1 Å². The Morgan fingerprint density at radius 1 is 0.973 bits per heavy atom. The van der Waals surface area contributed by atoms with Crippen LogP contribution in [0.25, 0.3) is 11.0 Å². The summed E-state index contributed by atoms with van der Waals surface area (Å²) in [5, 5.41) is 3.91. The number of para-hydroxylation sites is 1. The van der Waals surface area contributed by atoms with Crippen molar-refractivity contribution in [2.75, 3.05) is 37.5 Å². The summed E-state index contributed by atoms with van der Waals surface area (Å²) in [6.45, 7) is 2.15. The summed E-state index contributed by atoms with van der Waals surface area (Å²) in [4.78, 5) is 20.8. The van der Waals surface area contributed by atoms with Gasteiger partial charge >= 0.3 is 0 Å². The van der Waals surface area contributed by atoms with Crippen LogP contribution in [-0.4, -0.2) is 33.2 Å². The van der Waals surface area contributed by atoms with E-state index in [-0.39, 0.29) is 11.5 Å². The molecule has 7 heteroatoms. The largest absolute Gasteiger partial charge is 0.497 e. The quantitative estimate of drug-likeness (QED) is 0.388. The summed E-state index contributed by atoms with van der Waals surface area (Å²) >= 11 is 0. The second-order valence-electron chi connectivity index (χ2n) is 9.41. The molecular weight excluding hydrogens is 466 g/mol. The van der Waals surface area contributed by atoms with Crippen LogP contribution < -0.4 is 25.2 Å². The van der Waals surface area contributed by atoms with Crippen LogP contribution in [0.15, 0.2) is 70.1 Å². The Labute approximate surface area is 215 Å². The lowest BCUT2D eigenvalue weighted by Gasteiger charge is -2.37. The van der Waals surface area contributed by atoms with E-state index in [9.17, 15) is 4.79 Å². The normalized spacial score (nSPS) is 14.9. The predicted octanol–water partition coefficient (Wildman–Crippen LogP) is 5.63. The maximum atomic E-state index is 13.5. The molecule has 2 aliphatic heterocycles. The average molecular weight is 496 g/mol. The van der Waals surface area contributed by atoms with Crippen molar-refractivity contribution in [2.24, 2.45) is 4.99 Å². The summed E-state index contributed by atoms with van der Waals surface area (Å²) in [6, 6.07) is 18.9. The third-order valence-electron chi connectivity index (χ3n) is 7.12. The van der Waals surface area contributed by atoms with Gasteiger partial charge in [-0.1, -0.05) is 18.2 Å². The number of nitrogens with zero attached hydrogens (tertiary/aromatic N) is 2. The second kappa shape index (κ2) is 9.65. The van der Waals surface area contributed by atoms with Gasteiger partial charge in [0, 0.05) is 41.5 Å². The van der Waals surface area contributed by atoms with Crippen LogP contribution in [0.1, 0.15) is 34.3 Å². The van der Waals surface area contributed by atoms with E-state index in [0.29, 0.717) is 28.4 Å². The molecule has 0 fully saturated rings. The first kappa shape index (κ1) is 23.2. The molecule has 0 saturated heterocycles. The van der Waals surface area contributed by atoms with Gasteiger partial charge in [-0.05, 0) is 67.6 Å². The molecule has 3 aromatic carbocycles. The molecule has 0 radical (unpaired) electrons. The highest BCUT2D eigenvalue weighted by molar-refractivity contribution is 6.06. The van der Waals surface area contributed by atoms with Gasteiger partial charge in [0.2, 0.25) is 5.55 Å². The molecule has 1 aromatic heterocycles. The van der Waals surface area contributed by atoms with Crippen LogP contribution in [0, 0.1) is 0 Å². The van der Waals surface area contributed by atoms with E-state index in [1.807, 2.05) is 42.5 Å². The van der Waals surface area contributed by atoms with Crippen LogP contribution in [-0.2, 0) is 12.8 Å². The molecule has 0 aliphatic carbocycles. The molecule has 188 valence electrons. The zero-order chi connectivity index (χ0) is 25.4. The summed E-state index contributed by atoms with van der Waals surface area (Å²) in [5.74, 6) is 0.905. The van der Waals surface area contributed by atoms with Gasteiger partial charge in [0.05, 0.1) is 14.2 Å². The molecule has 37 heavy (non-hydrogen) atoms. The molecule has 6 rings (SSSR count). The van der Waals surface area contributed by atoms with Crippen LogP contribution in [0.2, 0.25) is 0 Å². The molecule has 0 unspecified atom stereocenters. The molecule has 1 N–H and O–H groups in total. The van der Waals surface area contributed by atoms with E-state index < -0.39 is 0 Å². The van der Waals surface area contributed by atoms with Gasteiger partial charge in [-0.25, -0.2) is 4.99 Å². The van der Waals surface area contributed by atoms with Crippen molar-refractivity contribution in [3.05, 3.63) is 82.9 Å². The predicted molar refractivity (Wildman–Crippen MR) is 144 cm³/mol. The van der Waals surface area contributed by atoms with Gasteiger partial charge in [0.25, 0.3) is 5.91 Å². The van der Waals surface area contributed by atoms with E-state index in [1.165, 1.54) is 16.8 Å². The van der Waals surface area contributed by atoms with Gasteiger partial charge in [0.1, 0.15) is 28.3 Å². The summed E-state index contributed by atoms with van der Waals surface area (Å²) in [5.41, 5.74) is 6.52. The Kier molecular flexibility index (Phi) is 6.04. The number of hydrogen-bond acceptors (Lipinski definition) is 6. The third kappa shape index (κ3) is 4.31. The maximum Gasteiger partial charge on any atom is 0.261 e. The fourth-order valence-corrected chi connectivity index (χ4v) is 5.41. The topological polar surface area (TPSA) is 76.3 Å².